The van der Waals surface area contributed by atoms with Crippen molar-refractivity contribution in [1.29, 1.82) is 0 Å². The molecule has 1 N–H and O–H groups in total. The van der Waals surface area contributed by atoms with Gasteiger partial charge in [0.15, 0.2) is 6.23 Å². The highest BCUT2D eigenvalue weighted by atomic mass is 79.9. The highest BCUT2D eigenvalue weighted by molar-refractivity contribution is 9.10. The topological polar surface area (TPSA) is 64.4 Å². The van der Waals surface area contributed by atoms with Crippen LogP contribution in [0.25, 0.3) is 0 Å². The molecule has 7 heteroatoms. The predicted octanol–water partition coefficient (Wildman–Crippen LogP) is 0.624. The Labute approximate surface area is 99.0 Å². The van der Waals surface area contributed by atoms with Gasteiger partial charge in [-0.05, 0) is 15.9 Å². The maximum absolute atomic E-state index is 13.6. The summed E-state index contributed by atoms with van der Waals surface area (Å²) in [5, 5.41) is 8.87. The summed E-state index contributed by atoms with van der Waals surface area (Å²) in [5.41, 5.74) is -0.575. The van der Waals surface area contributed by atoms with Gasteiger partial charge in [0.2, 0.25) is 0 Å². The molecule has 1 saturated heterocycles. The first kappa shape index (κ1) is 11.7. The van der Waals surface area contributed by atoms with Crippen molar-refractivity contribution >= 4 is 15.9 Å². The molecule has 0 unspecified atom stereocenters. The molecule has 0 spiro atoms. The molecule has 2 heterocycles. The Bertz CT molecular complexity index is 439. The van der Waals surface area contributed by atoms with Crippen LogP contribution < -0.4 is 5.69 Å². The van der Waals surface area contributed by atoms with Gasteiger partial charge in [-0.2, -0.15) is 0 Å². The molecule has 0 bridgehead atoms. The molecule has 3 atom stereocenters. The smallest absolute Gasteiger partial charge is 0.349 e. The molecule has 0 saturated carbocycles. The number of aliphatic hydroxyl groups is 1. The zero-order valence-electron chi connectivity index (χ0n) is 8.22. The van der Waals surface area contributed by atoms with Gasteiger partial charge in [0.1, 0.15) is 6.17 Å². The zero-order chi connectivity index (χ0) is 11.7. The van der Waals surface area contributed by atoms with E-state index < -0.39 is 24.2 Å². The van der Waals surface area contributed by atoms with Crippen LogP contribution in [0.5, 0.6) is 0 Å². The Morgan fingerprint density at radius 2 is 2.50 bits per heavy atom. The van der Waals surface area contributed by atoms with Gasteiger partial charge >= 0.3 is 5.69 Å². The minimum absolute atomic E-state index is 0.0835. The average molecular weight is 293 g/mol. The number of aliphatic hydroxyl groups excluding tert-OH is 1. The first-order valence-electron chi connectivity index (χ1n) is 4.76. The summed E-state index contributed by atoms with van der Waals surface area (Å²) in [5.74, 6) is 0. The summed E-state index contributed by atoms with van der Waals surface area (Å²) in [6.07, 6.45) is -0.0386. The summed E-state index contributed by atoms with van der Waals surface area (Å²) in [6, 6.07) is 0. The maximum atomic E-state index is 13.6. The van der Waals surface area contributed by atoms with Crippen LogP contribution in [-0.2, 0) is 4.74 Å². The summed E-state index contributed by atoms with van der Waals surface area (Å²) < 4.78 is 20.5. The molecule has 2 rings (SSSR count). The van der Waals surface area contributed by atoms with Crippen LogP contribution in [-0.4, -0.2) is 33.5 Å². The van der Waals surface area contributed by atoms with Crippen LogP contribution in [0.15, 0.2) is 21.7 Å². The lowest BCUT2D eigenvalue weighted by molar-refractivity contribution is -0.0394. The van der Waals surface area contributed by atoms with Crippen molar-refractivity contribution in [3.63, 3.8) is 0 Å². The van der Waals surface area contributed by atoms with Gasteiger partial charge in [0, 0.05) is 18.8 Å². The Kier molecular flexibility index (Phi) is 3.36. The van der Waals surface area contributed by atoms with Crippen LogP contribution in [0.4, 0.5) is 4.39 Å². The van der Waals surface area contributed by atoms with Crippen LogP contribution >= 0.6 is 15.9 Å². The van der Waals surface area contributed by atoms with Crippen molar-refractivity contribution in [3.05, 3.63) is 27.4 Å². The lowest BCUT2D eigenvalue weighted by Gasteiger charge is -2.15. The van der Waals surface area contributed by atoms with Gasteiger partial charge in [-0.25, -0.2) is 14.2 Å². The number of ether oxygens (including phenoxy) is 1. The molecule has 1 aliphatic heterocycles. The van der Waals surface area contributed by atoms with Crippen molar-refractivity contribution in [2.45, 2.75) is 24.9 Å². The fraction of sp³-hybridized carbons (Fsp3) is 0.556. The van der Waals surface area contributed by atoms with E-state index in [9.17, 15) is 9.18 Å². The molecule has 1 aromatic rings. The fourth-order valence-corrected chi connectivity index (χ4v) is 1.97. The fourth-order valence-electron chi connectivity index (χ4n) is 1.65. The highest BCUT2D eigenvalue weighted by Crippen LogP contribution is 2.30. The normalized spacial score (nSPS) is 29.6. The number of aromatic nitrogens is 2. The molecule has 16 heavy (non-hydrogen) atoms. The predicted molar refractivity (Wildman–Crippen MR) is 56.7 cm³/mol. The van der Waals surface area contributed by atoms with Gasteiger partial charge in [0.25, 0.3) is 0 Å². The second-order valence-electron chi connectivity index (χ2n) is 3.54. The largest absolute Gasteiger partial charge is 0.394 e. The summed E-state index contributed by atoms with van der Waals surface area (Å²) >= 11 is 3.15. The SMILES string of the molecule is O=c1ncc(Br)cn1[C@@H]1O[C@H](CO)C[C@H]1F. The van der Waals surface area contributed by atoms with E-state index in [1.807, 2.05) is 0 Å². The molecule has 1 fully saturated rings. The molecule has 0 aromatic carbocycles. The van der Waals surface area contributed by atoms with E-state index in [2.05, 4.69) is 20.9 Å². The second-order valence-corrected chi connectivity index (χ2v) is 4.46. The minimum atomic E-state index is -1.31. The average Bonchev–Trinajstić information content (AvgIpc) is 2.63. The van der Waals surface area contributed by atoms with Crippen LogP contribution in [0.1, 0.15) is 12.6 Å². The maximum Gasteiger partial charge on any atom is 0.349 e. The Hall–Kier alpha value is -0.790. The van der Waals surface area contributed by atoms with E-state index in [-0.39, 0.29) is 13.0 Å². The van der Waals surface area contributed by atoms with E-state index in [4.69, 9.17) is 9.84 Å². The van der Waals surface area contributed by atoms with E-state index in [0.29, 0.717) is 4.47 Å². The van der Waals surface area contributed by atoms with Crippen LogP contribution in [0.3, 0.4) is 0 Å². The molecular formula is C9H10BrFN2O3. The third kappa shape index (κ3) is 2.16. The molecule has 1 aliphatic rings. The quantitative estimate of drug-likeness (QED) is 0.868. The van der Waals surface area contributed by atoms with E-state index in [1.54, 1.807) is 0 Å². The molecule has 1 aromatic heterocycles. The van der Waals surface area contributed by atoms with Gasteiger partial charge < -0.3 is 9.84 Å². The standard InChI is InChI=1S/C9H10BrFN2O3/c10-5-2-12-9(15)13(3-5)8-7(11)1-6(4-14)16-8/h2-3,6-8,14H,1,4H2/t6-,7+,8+/m0/s1. The Balaban J connectivity index is 2.31. The van der Waals surface area contributed by atoms with Gasteiger partial charge in [-0.3, -0.25) is 4.57 Å². The van der Waals surface area contributed by atoms with Crippen molar-refractivity contribution < 1.29 is 14.2 Å². The number of hydrogen-bond donors (Lipinski definition) is 1. The van der Waals surface area contributed by atoms with Crippen molar-refractivity contribution in [1.82, 2.24) is 9.55 Å². The van der Waals surface area contributed by atoms with Crippen LogP contribution in [0.2, 0.25) is 0 Å². The summed E-state index contributed by atoms with van der Waals surface area (Å²) in [6.45, 7) is -0.257. The molecule has 0 radical (unpaired) electrons. The van der Waals surface area contributed by atoms with E-state index >= 15 is 0 Å². The summed E-state index contributed by atoms with van der Waals surface area (Å²) in [7, 11) is 0. The Morgan fingerprint density at radius 1 is 1.75 bits per heavy atom. The third-order valence-electron chi connectivity index (χ3n) is 2.39. The minimum Gasteiger partial charge on any atom is -0.394 e. The number of alkyl halides is 1. The first-order chi connectivity index (χ1) is 7.61. The second kappa shape index (κ2) is 4.60. The van der Waals surface area contributed by atoms with Gasteiger partial charge in [-0.1, -0.05) is 0 Å². The monoisotopic (exact) mass is 292 g/mol. The van der Waals surface area contributed by atoms with Crippen LogP contribution in [0, 0.1) is 0 Å². The summed E-state index contributed by atoms with van der Waals surface area (Å²) in [4.78, 5) is 15.0. The van der Waals surface area contributed by atoms with E-state index in [1.165, 1.54) is 12.4 Å². The van der Waals surface area contributed by atoms with Crippen molar-refractivity contribution in [3.8, 4) is 0 Å². The van der Waals surface area contributed by atoms with E-state index in [0.717, 1.165) is 4.57 Å². The molecule has 0 amide bonds. The lowest BCUT2D eigenvalue weighted by atomic mass is 10.2. The zero-order valence-corrected chi connectivity index (χ0v) is 9.80. The Morgan fingerprint density at radius 3 is 3.12 bits per heavy atom. The van der Waals surface area contributed by atoms with Gasteiger partial charge in [0.05, 0.1) is 17.2 Å². The molecule has 88 valence electrons. The molecule has 5 nitrogen and oxygen atoms in total. The first-order valence-corrected chi connectivity index (χ1v) is 5.55. The van der Waals surface area contributed by atoms with Crippen molar-refractivity contribution in [2.75, 3.05) is 6.61 Å². The number of hydrogen-bond acceptors (Lipinski definition) is 4. The number of rotatable bonds is 2. The number of nitrogens with zero attached hydrogens (tertiary/aromatic N) is 2. The molecule has 0 aliphatic carbocycles. The van der Waals surface area contributed by atoms with Crippen molar-refractivity contribution in [2.24, 2.45) is 0 Å². The lowest BCUT2D eigenvalue weighted by Crippen LogP contribution is -2.30. The van der Waals surface area contributed by atoms with Gasteiger partial charge in [-0.15, -0.1) is 0 Å². The number of halogens is 2. The highest BCUT2D eigenvalue weighted by Gasteiger charge is 2.36. The molecular weight excluding hydrogens is 283 g/mol. The third-order valence-corrected chi connectivity index (χ3v) is 2.80.